The minimum atomic E-state index is -0.0366. The largest absolute Gasteiger partial charge is 0.393 e. The Bertz CT molecular complexity index is 732. The van der Waals surface area contributed by atoms with E-state index in [1.54, 1.807) is 5.57 Å². The molecule has 1 unspecified atom stereocenters. The quantitative estimate of drug-likeness (QED) is 0.535. The monoisotopic (exact) mass is 413 g/mol. The molecule has 3 heteroatoms. The van der Waals surface area contributed by atoms with Crippen molar-refractivity contribution in [1.82, 2.24) is 5.32 Å². The first-order chi connectivity index (χ1) is 14.4. The summed E-state index contributed by atoms with van der Waals surface area (Å²) in [6, 6.07) is 0.574. The lowest BCUT2D eigenvalue weighted by molar-refractivity contribution is -0.0775. The molecule has 0 radical (unpaired) electrons. The van der Waals surface area contributed by atoms with E-state index in [4.69, 9.17) is 4.74 Å². The van der Waals surface area contributed by atoms with Crippen LogP contribution in [0.3, 0.4) is 0 Å². The lowest BCUT2D eigenvalue weighted by Gasteiger charge is -2.53. The van der Waals surface area contributed by atoms with Crippen LogP contribution in [-0.4, -0.2) is 35.5 Å². The van der Waals surface area contributed by atoms with E-state index in [0.717, 1.165) is 36.5 Å². The van der Waals surface area contributed by atoms with E-state index < -0.39 is 0 Å². The third-order valence-corrected chi connectivity index (χ3v) is 11.3. The first-order valence-corrected chi connectivity index (χ1v) is 13.2. The summed E-state index contributed by atoms with van der Waals surface area (Å²) in [6.45, 7) is 8.71. The van der Waals surface area contributed by atoms with Gasteiger partial charge in [0.25, 0.3) is 0 Å². The normalized spacial score (nSPS) is 55.6. The van der Waals surface area contributed by atoms with E-state index in [1.165, 1.54) is 64.3 Å². The van der Waals surface area contributed by atoms with Crippen molar-refractivity contribution in [1.29, 1.82) is 0 Å². The lowest BCUT2D eigenvalue weighted by atomic mass is 9.52. The maximum atomic E-state index is 10.3. The van der Waals surface area contributed by atoms with Crippen molar-refractivity contribution < 1.29 is 9.84 Å². The first kappa shape index (κ1) is 20.2. The number of aliphatic hydroxyl groups excluding tert-OH is 1. The average molecular weight is 414 g/mol. The molecular weight excluding hydrogens is 370 g/mol. The van der Waals surface area contributed by atoms with Gasteiger partial charge in [-0.25, -0.2) is 0 Å². The van der Waals surface area contributed by atoms with E-state index in [-0.39, 0.29) is 11.7 Å². The number of nitrogens with one attached hydrogen (secondary N) is 1. The van der Waals surface area contributed by atoms with Gasteiger partial charge in [0.1, 0.15) is 0 Å². The Balaban J connectivity index is 1.28. The van der Waals surface area contributed by atoms with Crippen LogP contribution in [0.4, 0.5) is 0 Å². The van der Waals surface area contributed by atoms with Crippen molar-refractivity contribution in [2.75, 3.05) is 6.54 Å². The highest BCUT2D eigenvalue weighted by Gasteiger charge is 2.59. The van der Waals surface area contributed by atoms with Crippen LogP contribution < -0.4 is 5.32 Å². The molecule has 3 saturated carbocycles. The van der Waals surface area contributed by atoms with Gasteiger partial charge in [0, 0.05) is 12.0 Å². The average Bonchev–Trinajstić information content (AvgIpc) is 3.19. The molecule has 6 aliphatic rings. The second-order valence-corrected chi connectivity index (χ2v) is 12.4. The molecule has 30 heavy (non-hydrogen) atoms. The Morgan fingerprint density at radius 3 is 2.80 bits per heavy atom. The van der Waals surface area contributed by atoms with Crippen LogP contribution in [0.25, 0.3) is 0 Å². The van der Waals surface area contributed by atoms with Crippen LogP contribution in [0.15, 0.2) is 11.1 Å². The van der Waals surface area contributed by atoms with Gasteiger partial charge in [-0.2, -0.15) is 0 Å². The van der Waals surface area contributed by atoms with Gasteiger partial charge in [-0.05, 0) is 113 Å². The minimum absolute atomic E-state index is 0.0366. The highest BCUT2D eigenvalue weighted by atomic mass is 16.5. The molecule has 0 aromatic heterocycles. The molecule has 2 aliphatic heterocycles. The number of aliphatic hydroxyl groups is 1. The molecule has 10 atom stereocenters. The van der Waals surface area contributed by atoms with Crippen LogP contribution in [-0.2, 0) is 4.74 Å². The van der Waals surface area contributed by atoms with Gasteiger partial charge in [-0.15, -0.1) is 0 Å². The van der Waals surface area contributed by atoms with E-state index in [0.29, 0.717) is 23.5 Å². The second-order valence-electron chi connectivity index (χ2n) is 12.4. The van der Waals surface area contributed by atoms with E-state index in [2.05, 4.69) is 26.1 Å². The van der Waals surface area contributed by atoms with Crippen LogP contribution >= 0.6 is 0 Å². The van der Waals surface area contributed by atoms with Crippen LogP contribution in [0.2, 0.25) is 0 Å². The summed E-state index contributed by atoms with van der Waals surface area (Å²) in [7, 11) is 0. The number of rotatable bonds is 0. The summed E-state index contributed by atoms with van der Waals surface area (Å²) in [6.07, 6.45) is 14.1. The predicted molar refractivity (Wildman–Crippen MR) is 120 cm³/mol. The fourth-order valence-electron chi connectivity index (χ4n) is 9.60. The molecule has 0 aromatic carbocycles. The fraction of sp³-hybridized carbons (Fsp3) is 0.926. The summed E-state index contributed by atoms with van der Waals surface area (Å²) in [5.74, 6) is 3.94. The number of hydrogen-bond donors (Lipinski definition) is 2. The Hall–Kier alpha value is -0.380. The summed E-state index contributed by atoms with van der Waals surface area (Å²) in [5.41, 5.74) is 4.08. The zero-order valence-electron chi connectivity index (χ0n) is 19.5. The third-order valence-electron chi connectivity index (χ3n) is 11.3. The molecule has 2 saturated heterocycles. The van der Waals surface area contributed by atoms with Crippen LogP contribution in [0.5, 0.6) is 0 Å². The van der Waals surface area contributed by atoms with Gasteiger partial charge >= 0.3 is 0 Å². The van der Waals surface area contributed by atoms with Gasteiger partial charge in [0.2, 0.25) is 0 Å². The van der Waals surface area contributed by atoms with Crippen molar-refractivity contribution >= 4 is 0 Å². The molecule has 0 aromatic rings. The second kappa shape index (κ2) is 7.06. The molecular formula is C27H43NO2. The van der Waals surface area contributed by atoms with Gasteiger partial charge in [0.15, 0.2) is 0 Å². The number of piperidine rings is 1. The van der Waals surface area contributed by atoms with Gasteiger partial charge in [-0.1, -0.05) is 25.0 Å². The minimum Gasteiger partial charge on any atom is -0.393 e. The Morgan fingerprint density at radius 2 is 1.97 bits per heavy atom. The number of allylic oxidation sites excluding steroid dienone is 1. The Kier molecular flexibility index (Phi) is 4.76. The molecule has 3 nitrogen and oxygen atoms in total. The fourth-order valence-corrected chi connectivity index (χ4v) is 9.60. The molecule has 168 valence electrons. The van der Waals surface area contributed by atoms with E-state index >= 15 is 0 Å². The standard InChI is InChI=1S/C27H43NO2/c1-16-15-27(17(2)25-24(30-27)5-4-12-28-25)11-9-20-21-7-6-18-13-19(29)8-10-26(18,3)23(21)14-22(16)20/h17-21,23-25,28-29H,4-15H2,1-3H3/t17-,18-,19+,20+,21?,23+,24-,25+,26+,27+/m1/s1. The zero-order chi connectivity index (χ0) is 20.7. The SMILES string of the molecule is CC1=C2C[C@H]3C(CC[C@@H]4C[C@@H](O)CC[C@@]43C)[C@@H]2CC[C@@]2(C1)O[C@@H]1CCCN[C@H]1[C@H]2C. The molecule has 4 aliphatic carbocycles. The highest BCUT2D eigenvalue weighted by molar-refractivity contribution is 5.29. The number of fused-ring (bicyclic) bond motifs is 6. The zero-order valence-corrected chi connectivity index (χ0v) is 19.5. The first-order valence-electron chi connectivity index (χ1n) is 13.2. The Morgan fingerprint density at radius 1 is 1.10 bits per heavy atom. The number of hydrogen-bond acceptors (Lipinski definition) is 3. The maximum Gasteiger partial charge on any atom is 0.0765 e. The highest BCUT2D eigenvalue weighted by Crippen LogP contribution is 2.65. The van der Waals surface area contributed by atoms with Crippen LogP contribution in [0.1, 0.15) is 91.4 Å². The van der Waals surface area contributed by atoms with Crippen molar-refractivity contribution in [3.63, 3.8) is 0 Å². The van der Waals surface area contributed by atoms with Gasteiger partial charge < -0.3 is 15.2 Å². The van der Waals surface area contributed by atoms with Crippen LogP contribution in [0, 0.1) is 35.0 Å². The maximum absolute atomic E-state index is 10.3. The summed E-state index contributed by atoms with van der Waals surface area (Å²) in [5, 5.41) is 14.1. The molecule has 1 spiro atoms. The predicted octanol–water partition coefficient (Wildman–Crippen LogP) is 5.23. The summed E-state index contributed by atoms with van der Waals surface area (Å²) in [4.78, 5) is 0. The third kappa shape index (κ3) is 2.80. The van der Waals surface area contributed by atoms with Gasteiger partial charge in [0.05, 0.1) is 17.8 Å². The molecule has 2 heterocycles. The van der Waals surface area contributed by atoms with Crippen molar-refractivity contribution in [2.45, 2.75) is 115 Å². The summed E-state index contributed by atoms with van der Waals surface area (Å²) < 4.78 is 6.95. The molecule has 2 N–H and O–H groups in total. The molecule has 5 fully saturated rings. The van der Waals surface area contributed by atoms with Crippen molar-refractivity contribution in [3.05, 3.63) is 11.1 Å². The number of ether oxygens (including phenoxy) is 1. The lowest BCUT2D eigenvalue weighted by Crippen LogP contribution is -2.47. The topological polar surface area (TPSA) is 41.5 Å². The Labute approximate surface area is 183 Å². The smallest absolute Gasteiger partial charge is 0.0765 e. The van der Waals surface area contributed by atoms with Crippen molar-refractivity contribution in [3.8, 4) is 0 Å². The molecule has 6 rings (SSSR count). The van der Waals surface area contributed by atoms with E-state index in [9.17, 15) is 5.11 Å². The summed E-state index contributed by atoms with van der Waals surface area (Å²) >= 11 is 0. The molecule has 0 bridgehead atoms. The van der Waals surface area contributed by atoms with Crippen molar-refractivity contribution in [2.24, 2.45) is 35.0 Å². The van der Waals surface area contributed by atoms with E-state index in [1.807, 2.05) is 5.57 Å². The van der Waals surface area contributed by atoms with Gasteiger partial charge in [-0.3, -0.25) is 0 Å². The molecule has 0 amide bonds.